The quantitative estimate of drug-likeness (QED) is 0.316. The lowest BCUT2D eigenvalue weighted by Gasteiger charge is -2.28. The Morgan fingerprint density at radius 1 is 1.47 bits per heavy atom. The minimum atomic E-state index is 0.554. The molecular formula is C13H20N4. The second kappa shape index (κ2) is 5.68. The van der Waals surface area contributed by atoms with Gasteiger partial charge in [0.15, 0.2) is 0 Å². The number of nitrogens with zero attached hydrogens (tertiary/aromatic N) is 1. The van der Waals surface area contributed by atoms with Gasteiger partial charge in [-0.25, -0.2) is 5.84 Å². The third-order valence-corrected chi connectivity index (χ3v) is 3.11. The summed E-state index contributed by atoms with van der Waals surface area (Å²) in [6.45, 7) is 3.81. The second-order valence-electron chi connectivity index (χ2n) is 4.36. The Hall–Kier alpha value is -1.55. The number of aliphatic imine (C=N–C) groups is 1. The molecule has 1 atom stereocenters. The molecule has 0 fully saturated rings. The predicted octanol–water partition coefficient (Wildman–Crippen LogP) is 1.15. The van der Waals surface area contributed by atoms with E-state index >= 15 is 0 Å². The summed E-state index contributed by atoms with van der Waals surface area (Å²) in [6, 6.07) is 8.56. The molecule has 0 saturated heterocycles. The zero-order chi connectivity index (χ0) is 12.1. The van der Waals surface area contributed by atoms with Crippen LogP contribution in [-0.4, -0.2) is 19.0 Å². The van der Waals surface area contributed by atoms with Crippen molar-refractivity contribution in [3.63, 3.8) is 0 Å². The van der Waals surface area contributed by atoms with Gasteiger partial charge < -0.3 is 5.32 Å². The van der Waals surface area contributed by atoms with Crippen LogP contribution in [-0.2, 0) is 6.42 Å². The average molecular weight is 232 g/mol. The van der Waals surface area contributed by atoms with Gasteiger partial charge in [0, 0.05) is 19.0 Å². The highest BCUT2D eigenvalue weighted by molar-refractivity contribution is 5.79. The highest BCUT2D eigenvalue weighted by atomic mass is 15.3. The van der Waals surface area contributed by atoms with Gasteiger partial charge in [-0.15, -0.1) is 0 Å². The van der Waals surface area contributed by atoms with Crippen molar-refractivity contribution < 1.29 is 0 Å². The number of benzene rings is 1. The lowest BCUT2D eigenvalue weighted by atomic mass is 9.78. The fourth-order valence-corrected chi connectivity index (χ4v) is 2.12. The van der Waals surface area contributed by atoms with Crippen LogP contribution in [0.4, 0.5) is 0 Å². The third-order valence-electron chi connectivity index (χ3n) is 3.11. The first-order valence-corrected chi connectivity index (χ1v) is 6.18. The lowest BCUT2D eigenvalue weighted by Crippen LogP contribution is -2.42. The highest BCUT2D eigenvalue weighted by Gasteiger charge is 2.24. The van der Waals surface area contributed by atoms with Crippen molar-refractivity contribution >= 4 is 5.96 Å². The van der Waals surface area contributed by atoms with Crippen LogP contribution in [0.15, 0.2) is 29.3 Å². The molecule has 1 aromatic carbocycles. The fraction of sp³-hybridized carbons (Fsp3) is 0.462. The Kier molecular flexibility index (Phi) is 3.98. The van der Waals surface area contributed by atoms with E-state index < -0.39 is 0 Å². The fourth-order valence-electron chi connectivity index (χ4n) is 2.12. The molecule has 2 rings (SSSR count). The van der Waals surface area contributed by atoms with E-state index in [1.54, 1.807) is 0 Å². The van der Waals surface area contributed by atoms with Gasteiger partial charge in [0.05, 0.1) is 0 Å². The van der Waals surface area contributed by atoms with Crippen LogP contribution in [0.2, 0.25) is 0 Å². The number of hydrogen-bond acceptors (Lipinski definition) is 2. The van der Waals surface area contributed by atoms with Crippen LogP contribution in [0, 0.1) is 0 Å². The summed E-state index contributed by atoms with van der Waals surface area (Å²) in [5.74, 6) is 6.66. The lowest BCUT2D eigenvalue weighted by molar-refractivity contribution is 0.614. The van der Waals surface area contributed by atoms with Gasteiger partial charge in [0.1, 0.15) is 0 Å². The minimum Gasteiger partial charge on any atom is -0.355 e. The zero-order valence-electron chi connectivity index (χ0n) is 10.2. The van der Waals surface area contributed by atoms with Crippen LogP contribution >= 0.6 is 0 Å². The number of guanidine groups is 1. The molecule has 4 nitrogen and oxygen atoms in total. The topological polar surface area (TPSA) is 62.4 Å². The SMILES string of the molecule is CCCNC(=NCC1Cc2ccccc21)NN. The molecule has 0 aliphatic heterocycles. The zero-order valence-corrected chi connectivity index (χ0v) is 10.2. The molecule has 1 unspecified atom stereocenters. The molecule has 0 amide bonds. The van der Waals surface area contributed by atoms with Gasteiger partial charge in [-0.2, -0.15) is 0 Å². The van der Waals surface area contributed by atoms with Crippen molar-refractivity contribution in [3.05, 3.63) is 35.4 Å². The summed E-state index contributed by atoms with van der Waals surface area (Å²) in [6.07, 6.45) is 2.19. The average Bonchev–Trinajstić information content (AvgIpc) is 2.34. The molecule has 1 aromatic rings. The van der Waals surface area contributed by atoms with Gasteiger partial charge in [0.25, 0.3) is 0 Å². The monoisotopic (exact) mass is 232 g/mol. The Labute approximate surface area is 102 Å². The largest absolute Gasteiger partial charge is 0.355 e. The standard InChI is InChI=1S/C13H20N4/c1-2-7-15-13(17-14)16-9-11-8-10-5-3-4-6-12(10)11/h3-6,11H,2,7-9,14H2,1H3,(H2,15,16,17). The molecule has 0 heterocycles. The van der Waals surface area contributed by atoms with Crippen LogP contribution < -0.4 is 16.6 Å². The Morgan fingerprint density at radius 3 is 3.00 bits per heavy atom. The summed E-state index contributed by atoms with van der Waals surface area (Å²) in [5, 5.41) is 3.16. The Balaban J connectivity index is 1.89. The Bertz CT molecular complexity index is 400. The summed E-state index contributed by atoms with van der Waals surface area (Å²) in [5.41, 5.74) is 5.49. The Morgan fingerprint density at radius 2 is 2.29 bits per heavy atom. The van der Waals surface area contributed by atoms with Crippen molar-refractivity contribution in [1.29, 1.82) is 0 Å². The molecule has 4 N–H and O–H groups in total. The van der Waals surface area contributed by atoms with Crippen LogP contribution in [0.3, 0.4) is 0 Å². The third kappa shape index (κ3) is 2.77. The van der Waals surface area contributed by atoms with Crippen molar-refractivity contribution in [1.82, 2.24) is 10.7 Å². The number of nitrogens with one attached hydrogen (secondary N) is 2. The molecule has 0 radical (unpaired) electrons. The van der Waals surface area contributed by atoms with E-state index in [0.717, 1.165) is 25.9 Å². The van der Waals surface area contributed by atoms with Gasteiger partial charge in [-0.05, 0) is 24.0 Å². The number of hydrazine groups is 1. The van der Waals surface area contributed by atoms with Crippen molar-refractivity contribution in [2.24, 2.45) is 10.8 Å². The number of rotatable bonds is 4. The normalized spacial score (nSPS) is 18.2. The van der Waals surface area contributed by atoms with Crippen molar-refractivity contribution in [2.75, 3.05) is 13.1 Å². The van der Waals surface area contributed by atoms with Gasteiger partial charge in [0.2, 0.25) is 5.96 Å². The summed E-state index contributed by atoms with van der Waals surface area (Å²) in [7, 11) is 0. The minimum absolute atomic E-state index is 0.554. The molecule has 92 valence electrons. The van der Waals surface area contributed by atoms with E-state index in [-0.39, 0.29) is 0 Å². The first-order valence-electron chi connectivity index (χ1n) is 6.18. The molecule has 0 aromatic heterocycles. The van der Waals surface area contributed by atoms with Crippen molar-refractivity contribution in [3.8, 4) is 0 Å². The predicted molar refractivity (Wildman–Crippen MR) is 70.8 cm³/mol. The van der Waals surface area contributed by atoms with Crippen LogP contribution in [0.25, 0.3) is 0 Å². The molecular weight excluding hydrogens is 212 g/mol. The molecule has 1 aliphatic carbocycles. The highest BCUT2D eigenvalue weighted by Crippen LogP contribution is 2.34. The van der Waals surface area contributed by atoms with Gasteiger partial charge in [-0.3, -0.25) is 10.4 Å². The number of fused-ring (bicyclic) bond motifs is 1. The first kappa shape index (κ1) is 11.9. The maximum absolute atomic E-state index is 5.41. The summed E-state index contributed by atoms with van der Waals surface area (Å²) < 4.78 is 0. The molecule has 1 aliphatic rings. The molecule has 17 heavy (non-hydrogen) atoms. The molecule has 0 spiro atoms. The number of hydrogen-bond donors (Lipinski definition) is 3. The van der Waals surface area contributed by atoms with E-state index in [1.807, 2.05) is 0 Å². The van der Waals surface area contributed by atoms with Gasteiger partial charge in [-0.1, -0.05) is 31.2 Å². The summed E-state index contributed by atoms with van der Waals surface area (Å²) >= 11 is 0. The molecule has 4 heteroatoms. The van der Waals surface area contributed by atoms with Gasteiger partial charge >= 0.3 is 0 Å². The maximum atomic E-state index is 5.41. The second-order valence-corrected chi connectivity index (χ2v) is 4.36. The smallest absolute Gasteiger partial charge is 0.205 e. The summed E-state index contributed by atoms with van der Waals surface area (Å²) in [4.78, 5) is 4.47. The maximum Gasteiger partial charge on any atom is 0.205 e. The van der Waals surface area contributed by atoms with Crippen molar-refractivity contribution in [2.45, 2.75) is 25.7 Å². The number of nitrogens with two attached hydrogens (primary N) is 1. The van der Waals surface area contributed by atoms with Crippen LogP contribution in [0.5, 0.6) is 0 Å². The van der Waals surface area contributed by atoms with E-state index in [4.69, 9.17) is 5.84 Å². The van der Waals surface area contributed by atoms with E-state index in [9.17, 15) is 0 Å². The first-order chi connectivity index (χ1) is 8.35. The van der Waals surface area contributed by atoms with E-state index in [1.165, 1.54) is 11.1 Å². The van der Waals surface area contributed by atoms with E-state index in [0.29, 0.717) is 11.9 Å². The van der Waals surface area contributed by atoms with Crippen LogP contribution in [0.1, 0.15) is 30.4 Å². The van der Waals surface area contributed by atoms with E-state index in [2.05, 4.69) is 46.9 Å². The molecule has 0 saturated carbocycles. The molecule has 0 bridgehead atoms.